The van der Waals surface area contributed by atoms with E-state index >= 15 is 0 Å². The molecular formula is C11H12ClF3N2O. The van der Waals surface area contributed by atoms with Crippen molar-refractivity contribution in [2.75, 3.05) is 0 Å². The Balaban J connectivity index is 0.00000162. The first-order chi connectivity index (χ1) is 7.89. The molecular weight excluding hydrogens is 269 g/mol. The van der Waals surface area contributed by atoms with E-state index in [1.807, 2.05) is 0 Å². The van der Waals surface area contributed by atoms with Gasteiger partial charge in [-0.2, -0.15) is 13.2 Å². The van der Waals surface area contributed by atoms with Gasteiger partial charge >= 0.3 is 6.18 Å². The molecule has 1 aromatic heterocycles. The Morgan fingerprint density at radius 2 is 1.89 bits per heavy atom. The van der Waals surface area contributed by atoms with Crippen molar-refractivity contribution in [1.82, 2.24) is 4.98 Å². The number of aliphatic hydroxyl groups excluding tert-OH is 1. The molecule has 0 aliphatic carbocycles. The molecule has 100 valence electrons. The summed E-state index contributed by atoms with van der Waals surface area (Å²) < 4.78 is 36.9. The summed E-state index contributed by atoms with van der Waals surface area (Å²) in [6.45, 7) is 0. The van der Waals surface area contributed by atoms with Gasteiger partial charge < -0.3 is 15.8 Å². The zero-order chi connectivity index (χ0) is 12.6. The van der Waals surface area contributed by atoms with Gasteiger partial charge in [0.15, 0.2) is 6.10 Å². The standard InChI is InChI=1S/C11H11F3N2O.ClH/c12-11(13,14)10(17)9(15)7-1-2-8-6(5-7)3-4-16-8;/h1-5,9-10,16-17H,15H2;1H/t9-,10-;/m1./s1. The van der Waals surface area contributed by atoms with E-state index in [2.05, 4.69) is 4.98 Å². The van der Waals surface area contributed by atoms with Crippen LogP contribution in [-0.2, 0) is 0 Å². The van der Waals surface area contributed by atoms with Crippen LogP contribution in [0.25, 0.3) is 10.9 Å². The Labute approximate surface area is 107 Å². The average molecular weight is 281 g/mol. The number of nitrogens with one attached hydrogen (secondary N) is 1. The second-order valence-electron chi connectivity index (χ2n) is 3.84. The minimum absolute atomic E-state index is 0. The fourth-order valence-electron chi connectivity index (χ4n) is 1.66. The summed E-state index contributed by atoms with van der Waals surface area (Å²) in [6, 6.07) is 4.89. The molecule has 0 saturated carbocycles. The van der Waals surface area contributed by atoms with Crippen molar-refractivity contribution in [2.24, 2.45) is 5.73 Å². The topological polar surface area (TPSA) is 62.0 Å². The molecule has 0 saturated heterocycles. The Morgan fingerprint density at radius 1 is 1.22 bits per heavy atom. The van der Waals surface area contributed by atoms with E-state index in [4.69, 9.17) is 10.8 Å². The lowest BCUT2D eigenvalue weighted by Crippen LogP contribution is -2.38. The van der Waals surface area contributed by atoms with Crippen LogP contribution in [0.2, 0.25) is 0 Å². The number of nitrogens with two attached hydrogens (primary N) is 1. The SMILES string of the molecule is Cl.N[C@H](c1ccc2[nH]ccc2c1)[C@@H](O)C(F)(F)F. The average Bonchev–Trinajstić information content (AvgIpc) is 2.72. The fraction of sp³-hybridized carbons (Fsp3) is 0.273. The molecule has 0 spiro atoms. The number of aliphatic hydroxyl groups is 1. The third kappa shape index (κ3) is 2.77. The monoisotopic (exact) mass is 280 g/mol. The number of fused-ring (bicyclic) bond motifs is 1. The zero-order valence-corrected chi connectivity index (χ0v) is 9.92. The summed E-state index contributed by atoms with van der Waals surface area (Å²) in [7, 11) is 0. The smallest absolute Gasteiger partial charge is 0.382 e. The molecule has 4 N–H and O–H groups in total. The number of H-pyrrole nitrogens is 1. The molecule has 18 heavy (non-hydrogen) atoms. The number of alkyl halides is 3. The largest absolute Gasteiger partial charge is 0.416 e. The zero-order valence-electron chi connectivity index (χ0n) is 9.11. The van der Waals surface area contributed by atoms with E-state index in [9.17, 15) is 13.2 Å². The third-order valence-corrected chi connectivity index (χ3v) is 2.64. The van der Waals surface area contributed by atoms with E-state index in [0.717, 1.165) is 10.9 Å². The molecule has 0 aliphatic rings. The minimum atomic E-state index is -4.72. The minimum Gasteiger partial charge on any atom is -0.382 e. The van der Waals surface area contributed by atoms with Gasteiger partial charge in [-0.3, -0.25) is 0 Å². The van der Waals surface area contributed by atoms with Crippen molar-refractivity contribution in [1.29, 1.82) is 0 Å². The Bertz CT molecular complexity index is 526. The first-order valence-corrected chi connectivity index (χ1v) is 4.97. The predicted octanol–water partition coefficient (Wildman–Crippen LogP) is 2.51. The third-order valence-electron chi connectivity index (χ3n) is 2.64. The van der Waals surface area contributed by atoms with Crippen LogP contribution < -0.4 is 5.73 Å². The molecule has 0 bridgehead atoms. The molecule has 2 rings (SSSR count). The van der Waals surface area contributed by atoms with Gasteiger partial charge in [0.2, 0.25) is 0 Å². The van der Waals surface area contributed by atoms with Crippen LogP contribution in [0.15, 0.2) is 30.5 Å². The van der Waals surface area contributed by atoms with Gasteiger partial charge in [0.25, 0.3) is 0 Å². The lowest BCUT2D eigenvalue weighted by molar-refractivity contribution is -0.210. The molecule has 7 heteroatoms. The molecule has 0 radical (unpaired) electrons. The van der Waals surface area contributed by atoms with Crippen LogP contribution in [0.4, 0.5) is 13.2 Å². The van der Waals surface area contributed by atoms with E-state index in [0.29, 0.717) is 0 Å². The maximum absolute atomic E-state index is 12.3. The highest BCUT2D eigenvalue weighted by atomic mass is 35.5. The summed E-state index contributed by atoms with van der Waals surface area (Å²) in [5, 5.41) is 9.83. The van der Waals surface area contributed by atoms with Crippen LogP contribution in [0.1, 0.15) is 11.6 Å². The molecule has 0 aliphatic heterocycles. The van der Waals surface area contributed by atoms with Crippen LogP contribution in [0, 0.1) is 0 Å². The van der Waals surface area contributed by atoms with Crippen LogP contribution in [-0.4, -0.2) is 22.4 Å². The number of halogens is 4. The summed E-state index contributed by atoms with van der Waals surface area (Å²) >= 11 is 0. The lowest BCUT2D eigenvalue weighted by atomic mass is 10.0. The van der Waals surface area contributed by atoms with Crippen LogP contribution in [0.5, 0.6) is 0 Å². The summed E-state index contributed by atoms with van der Waals surface area (Å²) in [5.74, 6) is 0. The number of benzene rings is 1. The second kappa shape index (κ2) is 5.17. The number of rotatable bonds is 2. The van der Waals surface area contributed by atoms with Crippen LogP contribution >= 0.6 is 12.4 Å². The molecule has 0 unspecified atom stereocenters. The van der Waals surface area contributed by atoms with Crippen molar-refractivity contribution in [3.8, 4) is 0 Å². The molecule has 2 atom stereocenters. The molecule has 2 aromatic rings. The van der Waals surface area contributed by atoms with Crippen molar-refractivity contribution < 1.29 is 18.3 Å². The van der Waals surface area contributed by atoms with E-state index in [-0.39, 0.29) is 18.0 Å². The van der Waals surface area contributed by atoms with Crippen molar-refractivity contribution in [2.45, 2.75) is 18.3 Å². The van der Waals surface area contributed by atoms with Gasteiger partial charge in [0.1, 0.15) is 0 Å². The van der Waals surface area contributed by atoms with Gasteiger partial charge in [-0.05, 0) is 29.1 Å². The molecule has 0 fully saturated rings. The fourth-order valence-corrected chi connectivity index (χ4v) is 1.66. The lowest BCUT2D eigenvalue weighted by Gasteiger charge is -2.21. The number of aromatic nitrogens is 1. The summed E-state index contributed by atoms with van der Waals surface area (Å²) in [5.41, 5.74) is 6.46. The molecule has 3 nitrogen and oxygen atoms in total. The first-order valence-electron chi connectivity index (χ1n) is 4.97. The maximum Gasteiger partial charge on any atom is 0.416 e. The summed E-state index contributed by atoms with van der Waals surface area (Å²) in [4.78, 5) is 2.92. The Morgan fingerprint density at radius 3 is 2.50 bits per heavy atom. The van der Waals surface area contributed by atoms with Gasteiger partial charge in [0, 0.05) is 11.7 Å². The van der Waals surface area contributed by atoms with Crippen molar-refractivity contribution in [3.63, 3.8) is 0 Å². The van der Waals surface area contributed by atoms with E-state index < -0.39 is 18.3 Å². The van der Waals surface area contributed by atoms with Gasteiger partial charge in [-0.15, -0.1) is 12.4 Å². The normalized spacial score (nSPS) is 15.2. The second-order valence-corrected chi connectivity index (χ2v) is 3.84. The summed E-state index contributed by atoms with van der Waals surface area (Å²) in [6.07, 6.45) is -5.59. The molecule has 0 amide bonds. The van der Waals surface area contributed by atoms with Crippen LogP contribution in [0.3, 0.4) is 0 Å². The van der Waals surface area contributed by atoms with Crippen molar-refractivity contribution in [3.05, 3.63) is 36.0 Å². The Hall–Kier alpha value is -1.24. The first kappa shape index (κ1) is 14.8. The highest BCUT2D eigenvalue weighted by Gasteiger charge is 2.42. The van der Waals surface area contributed by atoms with Gasteiger partial charge in [-0.25, -0.2) is 0 Å². The number of aromatic amines is 1. The predicted molar refractivity (Wildman–Crippen MR) is 64.5 cm³/mol. The highest BCUT2D eigenvalue weighted by Crippen LogP contribution is 2.29. The maximum atomic E-state index is 12.3. The van der Waals surface area contributed by atoms with E-state index in [1.54, 1.807) is 18.3 Å². The Kier molecular flexibility index (Phi) is 4.26. The number of hydrogen-bond acceptors (Lipinski definition) is 2. The van der Waals surface area contributed by atoms with Crippen molar-refractivity contribution >= 4 is 23.3 Å². The number of hydrogen-bond donors (Lipinski definition) is 3. The van der Waals surface area contributed by atoms with Gasteiger partial charge in [-0.1, -0.05) is 6.07 Å². The molecule has 1 aromatic carbocycles. The van der Waals surface area contributed by atoms with Gasteiger partial charge in [0.05, 0.1) is 6.04 Å². The quantitative estimate of drug-likeness (QED) is 0.791. The molecule has 1 heterocycles. The van der Waals surface area contributed by atoms with E-state index in [1.165, 1.54) is 12.1 Å². The highest BCUT2D eigenvalue weighted by molar-refractivity contribution is 5.85.